The molecule has 0 aromatic heterocycles. The summed E-state index contributed by atoms with van der Waals surface area (Å²) in [5.74, 6) is 0. The summed E-state index contributed by atoms with van der Waals surface area (Å²) in [5, 5.41) is 11.4. The lowest BCUT2D eigenvalue weighted by Gasteiger charge is -2.18. The fraction of sp³-hybridized carbons (Fsp3) is 0.889. The van der Waals surface area contributed by atoms with Crippen molar-refractivity contribution in [2.75, 3.05) is 27.2 Å². The molecule has 1 N–H and O–H groups in total. The summed E-state index contributed by atoms with van der Waals surface area (Å²) >= 11 is 0. The summed E-state index contributed by atoms with van der Waals surface area (Å²) in [6.45, 7) is 0.459. The van der Waals surface area contributed by atoms with Gasteiger partial charge in [-0.05, 0) is 20.5 Å². The van der Waals surface area contributed by atoms with E-state index in [2.05, 4.69) is 5.32 Å². The van der Waals surface area contributed by atoms with Gasteiger partial charge < -0.3 is 10.2 Å². The zero-order chi connectivity index (χ0) is 11.9. The van der Waals surface area contributed by atoms with Crippen molar-refractivity contribution in [3.63, 3.8) is 0 Å². The molecule has 0 fully saturated rings. The zero-order valence-corrected chi connectivity index (χ0v) is 8.93. The third-order valence-electron chi connectivity index (χ3n) is 2.08. The smallest absolute Gasteiger partial charge is 0.306 e. The molecule has 6 heteroatoms. The first kappa shape index (κ1) is 14.2. The Labute approximate surface area is 87.9 Å². The van der Waals surface area contributed by atoms with Gasteiger partial charge in [0.25, 0.3) is 0 Å². The number of hydrogen-bond donors (Lipinski definition) is 1. The number of rotatable bonds is 6. The number of nitrogens with zero attached hydrogens (tertiary/aromatic N) is 2. The predicted molar refractivity (Wildman–Crippen MR) is 51.2 cm³/mol. The number of nitrogens with one attached hydrogen (secondary N) is 1. The first-order chi connectivity index (χ1) is 6.89. The van der Waals surface area contributed by atoms with Crippen LogP contribution in [0.1, 0.15) is 12.8 Å². The van der Waals surface area contributed by atoms with Gasteiger partial charge in [0.05, 0.1) is 18.5 Å². The molecule has 0 aliphatic rings. The van der Waals surface area contributed by atoms with Crippen LogP contribution in [-0.4, -0.2) is 44.3 Å². The van der Waals surface area contributed by atoms with E-state index in [0.29, 0.717) is 13.0 Å². The first-order valence-corrected chi connectivity index (χ1v) is 4.71. The standard InChI is InChI=1S/C9H16F3N3/c1-14-8(7-13)3-5-15(2)6-4-9(10,11)12/h8,14H,3-6H2,1-2H3. The predicted octanol–water partition coefficient (Wildman–Crippen LogP) is 1.37. The summed E-state index contributed by atoms with van der Waals surface area (Å²) in [7, 11) is 3.28. The fourth-order valence-electron chi connectivity index (χ4n) is 1.05. The van der Waals surface area contributed by atoms with Gasteiger partial charge in [0, 0.05) is 13.1 Å². The third-order valence-corrected chi connectivity index (χ3v) is 2.08. The Hall–Kier alpha value is -0.800. The van der Waals surface area contributed by atoms with Crippen LogP contribution in [0.15, 0.2) is 0 Å². The highest BCUT2D eigenvalue weighted by molar-refractivity contribution is 4.88. The molecule has 0 bridgehead atoms. The van der Waals surface area contributed by atoms with Crippen LogP contribution >= 0.6 is 0 Å². The van der Waals surface area contributed by atoms with Crippen LogP contribution in [0.2, 0.25) is 0 Å². The van der Waals surface area contributed by atoms with Gasteiger partial charge in [-0.3, -0.25) is 0 Å². The van der Waals surface area contributed by atoms with Crippen molar-refractivity contribution in [1.82, 2.24) is 10.2 Å². The lowest BCUT2D eigenvalue weighted by atomic mass is 10.2. The Morgan fingerprint density at radius 3 is 2.40 bits per heavy atom. The van der Waals surface area contributed by atoms with Crippen molar-refractivity contribution in [2.45, 2.75) is 25.1 Å². The second-order valence-electron chi connectivity index (χ2n) is 3.43. The molecule has 1 atom stereocenters. The molecule has 1 unspecified atom stereocenters. The van der Waals surface area contributed by atoms with E-state index in [0.717, 1.165) is 0 Å². The number of hydrogen-bond acceptors (Lipinski definition) is 3. The minimum absolute atomic E-state index is 0.0225. The second-order valence-corrected chi connectivity index (χ2v) is 3.43. The normalized spacial score (nSPS) is 13.9. The van der Waals surface area contributed by atoms with Crippen LogP contribution in [-0.2, 0) is 0 Å². The van der Waals surface area contributed by atoms with Crippen molar-refractivity contribution in [1.29, 1.82) is 5.26 Å². The van der Waals surface area contributed by atoms with E-state index in [9.17, 15) is 13.2 Å². The van der Waals surface area contributed by atoms with Crippen LogP contribution < -0.4 is 5.32 Å². The highest BCUT2D eigenvalue weighted by Gasteiger charge is 2.27. The van der Waals surface area contributed by atoms with Crippen LogP contribution in [0, 0.1) is 11.3 Å². The molecule has 0 radical (unpaired) electrons. The molecule has 88 valence electrons. The fourth-order valence-corrected chi connectivity index (χ4v) is 1.05. The molecule has 0 spiro atoms. The Morgan fingerprint density at radius 1 is 1.40 bits per heavy atom. The third kappa shape index (κ3) is 8.21. The second kappa shape index (κ2) is 6.64. The van der Waals surface area contributed by atoms with Gasteiger partial charge in [-0.15, -0.1) is 0 Å². The Kier molecular flexibility index (Phi) is 6.29. The lowest BCUT2D eigenvalue weighted by Crippen LogP contribution is -2.31. The molecule has 0 aromatic carbocycles. The van der Waals surface area contributed by atoms with Crippen molar-refractivity contribution in [2.24, 2.45) is 0 Å². The van der Waals surface area contributed by atoms with E-state index in [1.165, 1.54) is 0 Å². The van der Waals surface area contributed by atoms with Gasteiger partial charge in [-0.2, -0.15) is 18.4 Å². The van der Waals surface area contributed by atoms with Crippen LogP contribution in [0.25, 0.3) is 0 Å². The zero-order valence-electron chi connectivity index (χ0n) is 8.93. The maximum Gasteiger partial charge on any atom is 0.390 e. The molecular weight excluding hydrogens is 207 g/mol. The molecule has 0 aliphatic carbocycles. The molecule has 0 aromatic rings. The SMILES string of the molecule is CNC(C#N)CCN(C)CCC(F)(F)F. The van der Waals surface area contributed by atoms with Gasteiger partial charge in [0.2, 0.25) is 0 Å². The molecule has 0 aliphatic heterocycles. The largest absolute Gasteiger partial charge is 0.390 e. The average molecular weight is 223 g/mol. The summed E-state index contributed by atoms with van der Waals surface area (Å²) in [4.78, 5) is 1.58. The summed E-state index contributed by atoms with van der Waals surface area (Å²) in [6.07, 6.45) is -4.38. The van der Waals surface area contributed by atoms with Crippen molar-refractivity contribution in [3.05, 3.63) is 0 Å². The molecule has 15 heavy (non-hydrogen) atoms. The Balaban J connectivity index is 3.67. The molecule has 0 heterocycles. The van der Waals surface area contributed by atoms with Crippen LogP contribution in [0.3, 0.4) is 0 Å². The maximum absolute atomic E-state index is 11.9. The lowest BCUT2D eigenvalue weighted by molar-refractivity contribution is -0.137. The van der Waals surface area contributed by atoms with E-state index >= 15 is 0 Å². The molecule has 0 rings (SSSR count). The number of alkyl halides is 3. The topological polar surface area (TPSA) is 39.1 Å². The van der Waals surface area contributed by atoms with Crippen molar-refractivity contribution in [3.8, 4) is 6.07 Å². The van der Waals surface area contributed by atoms with Crippen molar-refractivity contribution >= 4 is 0 Å². The molecular formula is C9H16F3N3. The minimum Gasteiger partial charge on any atom is -0.306 e. The Bertz CT molecular complexity index is 210. The first-order valence-electron chi connectivity index (χ1n) is 4.71. The monoisotopic (exact) mass is 223 g/mol. The van der Waals surface area contributed by atoms with Gasteiger partial charge in [-0.25, -0.2) is 0 Å². The van der Waals surface area contributed by atoms with Gasteiger partial charge in [0.1, 0.15) is 0 Å². The van der Waals surface area contributed by atoms with Crippen LogP contribution in [0.5, 0.6) is 0 Å². The van der Waals surface area contributed by atoms with Gasteiger partial charge in [-0.1, -0.05) is 0 Å². The Morgan fingerprint density at radius 2 is 2.00 bits per heavy atom. The summed E-state index contributed by atoms with van der Waals surface area (Å²) in [6, 6.07) is 1.73. The van der Waals surface area contributed by atoms with E-state index in [1.54, 1.807) is 19.0 Å². The number of nitriles is 1. The molecule has 0 saturated carbocycles. The van der Waals surface area contributed by atoms with E-state index in [4.69, 9.17) is 5.26 Å². The van der Waals surface area contributed by atoms with Crippen molar-refractivity contribution < 1.29 is 13.2 Å². The van der Waals surface area contributed by atoms with E-state index in [-0.39, 0.29) is 12.6 Å². The summed E-state index contributed by atoms with van der Waals surface area (Å²) in [5.41, 5.74) is 0. The highest BCUT2D eigenvalue weighted by Crippen LogP contribution is 2.19. The van der Waals surface area contributed by atoms with Gasteiger partial charge in [0.15, 0.2) is 0 Å². The number of halogens is 3. The maximum atomic E-state index is 11.9. The minimum atomic E-state index is -4.11. The van der Waals surface area contributed by atoms with E-state index < -0.39 is 12.6 Å². The molecule has 3 nitrogen and oxygen atoms in total. The van der Waals surface area contributed by atoms with Crippen LogP contribution in [0.4, 0.5) is 13.2 Å². The van der Waals surface area contributed by atoms with E-state index in [1.807, 2.05) is 6.07 Å². The quantitative estimate of drug-likeness (QED) is 0.739. The summed E-state index contributed by atoms with van der Waals surface area (Å²) < 4.78 is 35.6. The molecule has 0 amide bonds. The highest BCUT2D eigenvalue weighted by atomic mass is 19.4. The van der Waals surface area contributed by atoms with Gasteiger partial charge >= 0.3 is 6.18 Å². The average Bonchev–Trinajstić information content (AvgIpc) is 2.15. The molecule has 0 saturated heterocycles.